The van der Waals surface area contributed by atoms with Crippen molar-refractivity contribution < 1.29 is 9.13 Å². The van der Waals surface area contributed by atoms with Crippen molar-refractivity contribution in [3.05, 3.63) is 58.1 Å². The van der Waals surface area contributed by atoms with Gasteiger partial charge in [-0.3, -0.25) is 0 Å². The molecule has 1 N–H and O–H groups in total. The summed E-state index contributed by atoms with van der Waals surface area (Å²) in [7, 11) is 0. The second-order valence-electron chi connectivity index (χ2n) is 5.03. The first-order valence-corrected chi connectivity index (χ1v) is 8.10. The summed E-state index contributed by atoms with van der Waals surface area (Å²) in [5.41, 5.74) is 2.25. The Kier molecular flexibility index (Phi) is 4.63. The quantitative estimate of drug-likeness (QED) is 0.647. The largest absolute Gasteiger partial charge is 0.493 e. The Morgan fingerprint density at radius 1 is 1.38 bits per heavy atom. The minimum Gasteiger partial charge on any atom is -0.493 e. The van der Waals surface area contributed by atoms with Crippen LogP contribution in [0.25, 0.3) is 22.7 Å². The number of nitrogens with one attached hydrogen (secondary N) is 1. The summed E-state index contributed by atoms with van der Waals surface area (Å²) in [6, 6.07) is 12.0. The first kappa shape index (κ1) is 16.2. The number of nitriles is 1. The van der Waals surface area contributed by atoms with Crippen molar-refractivity contribution in [2.45, 2.75) is 6.92 Å². The third-order valence-corrected chi connectivity index (χ3v) is 3.88. The zero-order valence-electron chi connectivity index (χ0n) is 12.8. The van der Waals surface area contributed by atoms with Gasteiger partial charge in [0.1, 0.15) is 23.5 Å². The molecule has 0 aliphatic carbocycles. The lowest BCUT2D eigenvalue weighted by Gasteiger charge is -2.07. The van der Waals surface area contributed by atoms with Crippen LogP contribution in [0.3, 0.4) is 0 Å². The number of nitrogens with zero attached hydrogens (tertiary/aromatic N) is 2. The molecule has 0 atom stereocenters. The van der Waals surface area contributed by atoms with Gasteiger partial charge in [-0.15, -0.1) is 0 Å². The van der Waals surface area contributed by atoms with Crippen LogP contribution in [-0.2, 0) is 0 Å². The van der Waals surface area contributed by atoms with Crippen molar-refractivity contribution in [3.8, 4) is 11.8 Å². The Bertz CT molecular complexity index is 972. The first-order chi connectivity index (χ1) is 11.6. The van der Waals surface area contributed by atoms with Crippen LogP contribution in [0.2, 0.25) is 0 Å². The molecule has 1 aromatic heterocycles. The lowest BCUT2D eigenvalue weighted by Crippen LogP contribution is -1.94. The molecule has 24 heavy (non-hydrogen) atoms. The Labute approximate surface area is 146 Å². The van der Waals surface area contributed by atoms with Gasteiger partial charge in [0, 0.05) is 10.0 Å². The minimum atomic E-state index is -0.356. The number of H-pyrrole nitrogens is 1. The Morgan fingerprint density at radius 2 is 2.21 bits per heavy atom. The third kappa shape index (κ3) is 3.31. The number of aromatic amines is 1. The fourth-order valence-corrected chi connectivity index (χ4v) is 2.72. The van der Waals surface area contributed by atoms with E-state index in [1.165, 1.54) is 12.1 Å². The van der Waals surface area contributed by atoms with Crippen LogP contribution in [0.15, 0.2) is 40.9 Å². The van der Waals surface area contributed by atoms with Crippen LogP contribution in [0, 0.1) is 17.1 Å². The molecule has 4 nitrogen and oxygen atoms in total. The minimum absolute atomic E-state index is 0.339. The van der Waals surface area contributed by atoms with Gasteiger partial charge in [-0.2, -0.15) is 5.26 Å². The van der Waals surface area contributed by atoms with E-state index in [-0.39, 0.29) is 5.82 Å². The van der Waals surface area contributed by atoms with E-state index in [9.17, 15) is 9.65 Å². The fraction of sp³-hybridized carbons (Fsp3) is 0.111. The molecular formula is C18H13BrFN3O. The molecule has 0 saturated carbocycles. The molecule has 3 rings (SSSR count). The van der Waals surface area contributed by atoms with Gasteiger partial charge in [-0.05, 0) is 49.4 Å². The van der Waals surface area contributed by atoms with Crippen LogP contribution in [0.1, 0.15) is 18.3 Å². The average Bonchev–Trinajstić information content (AvgIpc) is 2.97. The van der Waals surface area contributed by atoms with E-state index in [0.717, 1.165) is 10.0 Å². The van der Waals surface area contributed by atoms with Gasteiger partial charge < -0.3 is 9.72 Å². The van der Waals surface area contributed by atoms with Crippen molar-refractivity contribution in [2.75, 3.05) is 6.61 Å². The predicted octanol–water partition coefficient (Wildman–Crippen LogP) is 4.93. The van der Waals surface area contributed by atoms with Gasteiger partial charge in [0.2, 0.25) is 0 Å². The lowest BCUT2D eigenvalue weighted by atomic mass is 10.1. The molecule has 2 aromatic carbocycles. The molecular weight excluding hydrogens is 373 g/mol. The summed E-state index contributed by atoms with van der Waals surface area (Å²) in [5.74, 6) is 0.710. The van der Waals surface area contributed by atoms with Gasteiger partial charge in [0.05, 0.1) is 23.2 Å². The highest BCUT2D eigenvalue weighted by Crippen LogP contribution is 2.28. The summed E-state index contributed by atoms with van der Waals surface area (Å²) < 4.78 is 19.8. The maximum atomic E-state index is 13.3. The highest BCUT2D eigenvalue weighted by atomic mass is 79.9. The number of hydrogen-bond donors (Lipinski definition) is 1. The summed E-state index contributed by atoms with van der Waals surface area (Å²) in [5, 5.41) is 9.51. The normalized spacial score (nSPS) is 11.5. The molecule has 0 bridgehead atoms. The number of aromatic nitrogens is 2. The molecule has 0 saturated heterocycles. The van der Waals surface area contributed by atoms with Gasteiger partial charge >= 0.3 is 0 Å². The van der Waals surface area contributed by atoms with Crippen molar-refractivity contribution >= 4 is 38.6 Å². The van der Waals surface area contributed by atoms with Gasteiger partial charge in [0.25, 0.3) is 0 Å². The lowest BCUT2D eigenvalue weighted by molar-refractivity contribution is 0.339. The number of halogens is 2. The monoisotopic (exact) mass is 385 g/mol. The molecule has 6 heteroatoms. The number of benzene rings is 2. The number of hydrogen-bond acceptors (Lipinski definition) is 3. The molecule has 1 heterocycles. The summed E-state index contributed by atoms with van der Waals surface area (Å²) >= 11 is 3.42. The van der Waals surface area contributed by atoms with E-state index in [0.29, 0.717) is 34.8 Å². The van der Waals surface area contributed by atoms with E-state index in [1.54, 1.807) is 12.1 Å². The number of imidazole rings is 1. The molecule has 0 spiro atoms. The van der Waals surface area contributed by atoms with Crippen LogP contribution in [0.5, 0.6) is 5.75 Å². The van der Waals surface area contributed by atoms with Crippen LogP contribution in [-0.4, -0.2) is 16.6 Å². The van der Waals surface area contributed by atoms with Crippen LogP contribution in [0.4, 0.5) is 4.39 Å². The van der Waals surface area contributed by atoms with Gasteiger partial charge in [0.15, 0.2) is 0 Å². The van der Waals surface area contributed by atoms with E-state index >= 15 is 0 Å². The maximum Gasteiger partial charge on any atom is 0.149 e. The Balaban J connectivity index is 2.09. The molecule has 3 aromatic rings. The third-order valence-electron chi connectivity index (χ3n) is 3.39. The molecule has 0 aliphatic heterocycles. The second kappa shape index (κ2) is 6.85. The standard InChI is InChI=1S/C18H13BrFN3O/c1-2-24-17-6-3-13(19)8-11(17)7-12(10-21)18-22-15-5-4-14(20)9-16(15)23-18/h3-9H,2H2,1H3,(H,22,23)/b12-7-. The van der Waals surface area contributed by atoms with Gasteiger partial charge in [-0.1, -0.05) is 15.9 Å². The number of fused-ring (bicyclic) bond motifs is 1. The zero-order valence-corrected chi connectivity index (χ0v) is 14.4. The van der Waals surface area contributed by atoms with E-state index in [1.807, 2.05) is 25.1 Å². The van der Waals surface area contributed by atoms with Crippen molar-refractivity contribution in [1.29, 1.82) is 5.26 Å². The van der Waals surface area contributed by atoms with Crippen molar-refractivity contribution in [3.63, 3.8) is 0 Å². The summed E-state index contributed by atoms with van der Waals surface area (Å²) in [6.07, 6.45) is 1.70. The number of allylic oxidation sites excluding steroid dienone is 1. The van der Waals surface area contributed by atoms with Gasteiger partial charge in [-0.25, -0.2) is 9.37 Å². The van der Waals surface area contributed by atoms with E-state index in [2.05, 4.69) is 32.0 Å². The fourth-order valence-electron chi connectivity index (χ4n) is 2.34. The second-order valence-corrected chi connectivity index (χ2v) is 5.95. The molecule has 120 valence electrons. The Hall–Kier alpha value is -2.65. The predicted molar refractivity (Wildman–Crippen MR) is 94.8 cm³/mol. The van der Waals surface area contributed by atoms with E-state index < -0.39 is 0 Å². The topological polar surface area (TPSA) is 61.7 Å². The maximum absolute atomic E-state index is 13.3. The van der Waals surface area contributed by atoms with E-state index in [4.69, 9.17) is 4.74 Å². The SMILES string of the molecule is CCOc1ccc(Br)cc1/C=C(/C#N)c1nc2ccc(F)cc2[nH]1. The first-order valence-electron chi connectivity index (χ1n) is 7.30. The van der Waals surface area contributed by atoms with Crippen LogP contribution >= 0.6 is 15.9 Å². The highest BCUT2D eigenvalue weighted by molar-refractivity contribution is 9.10. The molecule has 0 amide bonds. The van der Waals surface area contributed by atoms with Crippen molar-refractivity contribution in [1.82, 2.24) is 9.97 Å². The molecule has 0 aliphatic rings. The zero-order chi connectivity index (χ0) is 17.1. The molecule has 0 fully saturated rings. The number of rotatable bonds is 4. The molecule has 0 radical (unpaired) electrons. The Morgan fingerprint density at radius 3 is 2.96 bits per heavy atom. The smallest absolute Gasteiger partial charge is 0.149 e. The summed E-state index contributed by atoms with van der Waals surface area (Å²) in [6.45, 7) is 2.42. The van der Waals surface area contributed by atoms with Crippen LogP contribution < -0.4 is 4.74 Å². The molecule has 0 unspecified atom stereocenters. The average molecular weight is 386 g/mol. The number of ether oxygens (including phenoxy) is 1. The highest BCUT2D eigenvalue weighted by Gasteiger charge is 2.11. The van der Waals surface area contributed by atoms with Crippen molar-refractivity contribution in [2.24, 2.45) is 0 Å². The summed E-state index contributed by atoms with van der Waals surface area (Å²) in [4.78, 5) is 7.33.